The summed E-state index contributed by atoms with van der Waals surface area (Å²) >= 11 is 5.62. The third-order valence-electron chi connectivity index (χ3n) is 1.30. The third-order valence-corrected chi connectivity index (χ3v) is 1.70. The normalized spacial score (nSPS) is 9.83. The van der Waals surface area contributed by atoms with Crippen LogP contribution in [0.15, 0.2) is 21.9 Å². The van der Waals surface area contributed by atoms with Crippen molar-refractivity contribution in [1.29, 1.82) is 0 Å². The Morgan fingerprint density at radius 2 is 2.33 bits per heavy atom. The minimum absolute atomic E-state index is 0.433. The highest BCUT2D eigenvalue weighted by atomic mass is 35.5. The number of hydrogen-bond donors (Lipinski definition) is 1. The topological polar surface area (TPSA) is 58.1 Å². The lowest BCUT2D eigenvalue weighted by Crippen LogP contribution is -2.38. The van der Waals surface area contributed by atoms with E-state index in [0.29, 0.717) is 6.54 Å². The molecule has 1 heterocycles. The molecule has 0 aliphatic carbocycles. The second-order valence-electron chi connectivity index (χ2n) is 2.11. The van der Waals surface area contributed by atoms with Crippen molar-refractivity contribution in [3.8, 4) is 0 Å². The summed E-state index contributed by atoms with van der Waals surface area (Å²) in [5, 5.41) is 0. The Morgan fingerprint density at radius 1 is 1.67 bits per heavy atom. The first-order valence-electron chi connectivity index (χ1n) is 3.40. The molecule has 1 N–H and O–H groups in total. The Kier molecular flexibility index (Phi) is 2.54. The van der Waals surface area contributed by atoms with Gasteiger partial charge in [-0.3, -0.25) is 9.78 Å². The fourth-order valence-electron chi connectivity index (χ4n) is 0.734. The minimum Gasteiger partial charge on any atom is -0.273 e. The molecule has 1 aromatic heterocycles. The largest absolute Gasteiger partial charge is 0.348 e. The zero-order valence-electron chi connectivity index (χ0n) is 6.45. The van der Waals surface area contributed by atoms with Gasteiger partial charge in [-0.15, -0.1) is 0 Å². The fraction of sp³-hybridized carbons (Fsp3) is 0.333. The van der Waals surface area contributed by atoms with E-state index in [1.165, 1.54) is 12.3 Å². The lowest BCUT2D eigenvalue weighted by molar-refractivity contribution is 0.700. The number of nitrogens with one attached hydrogen (secondary N) is 1. The van der Waals surface area contributed by atoms with E-state index in [-0.39, 0.29) is 0 Å². The molecule has 0 atom stereocenters. The van der Waals surface area contributed by atoms with E-state index in [4.69, 9.17) is 11.8 Å². The van der Waals surface area contributed by atoms with E-state index in [0.717, 1.165) is 9.20 Å². The van der Waals surface area contributed by atoms with Crippen LogP contribution in [0.3, 0.4) is 0 Å². The minimum atomic E-state index is -0.542. The quantitative estimate of drug-likeness (QED) is 0.647. The van der Waals surface area contributed by atoms with Crippen molar-refractivity contribution in [3.63, 3.8) is 0 Å². The second kappa shape index (κ2) is 3.44. The molecule has 0 saturated carbocycles. The molecule has 0 saturated heterocycles. The molecular formula is C6H8ClN3O2. The lowest BCUT2D eigenvalue weighted by atomic mass is 10.7. The number of aromatic nitrogens is 2. The van der Waals surface area contributed by atoms with Gasteiger partial charge in [0.15, 0.2) is 0 Å². The summed E-state index contributed by atoms with van der Waals surface area (Å²) in [4.78, 5) is 23.7. The Bertz CT molecular complexity index is 370. The molecule has 0 aliphatic heterocycles. The van der Waals surface area contributed by atoms with Gasteiger partial charge >= 0.3 is 5.69 Å². The zero-order chi connectivity index (χ0) is 9.14. The lowest BCUT2D eigenvalue weighted by Gasteiger charge is -2.13. The summed E-state index contributed by atoms with van der Waals surface area (Å²) in [7, 11) is 0. The monoisotopic (exact) mass is 189 g/mol. The van der Waals surface area contributed by atoms with Gasteiger partial charge in [0.05, 0.1) is 0 Å². The molecule has 6 heteroatoms. The predicted molar refractivity (Wildman–Crippen MR) is 45.9 cm³/mol. The predicted octanol–water partition coefficient (Wildman–Crippen LogP) is -0.352. The van der Waals surface area contributed by atoms with E-state index in [1.807, 2.05) is 0 Å². The number of H-pyrrole nitrogens is 1. The smallest absolute Gasteiger partial charge is 0.273 e. The Labute approximate surface area is 73.3 Å². The molecular weight excluding hydrogens is 182 g/mol. The molecule has 66 valence electrons. The Morgan fingerprint density at radius 3 is 2.83 bits per heavy atom. The van der Waals surface area contributed by atoms with Crippen LogP contribution in [0.1, 0.15) is 6.92 Å². The van der Waals surface area contributed by atoms with Crippen LogP contribution in [0, 0.1) is 0 Å². The number of aromatic amines is 1. The van der Waals surface area contributed by atoms with Gasteiger partial charge in [-0.2, -0.15) is 4.68 Å². The van der Waals surface area contributed by atoms with E-state index in [1.54, 1.807) is 6.92 Å². The molecule has 12 heavy (non-hydrogen) atoms. The summed E-state index contributed by atoms with van der Waals surface area (Å²) in [6.07, 6.45) is 1.32. The van der Waals surface area contributed by atoms with E-state index in [2.05, 4.69) is 4.98 Å². The number of halogens is 1. The summed E-state index contributed by atoms with van der Waals surface area (Å²) in [6.45, 7) is 2.25. The summed E-state index contributed by atoms with van der Waals surface area (Å²) in [6, 6.07) is 1.23. The van der Waals surface area contributed by atoms with Gasteiger partial charge in [0.25, 0.3) is 5.56 Å². The first-order chi connectivity index (χ1) is 5.65. The van der Waals surface area contributed by atoms with E-state index < -0.39 is 11.2 Å². The Hall–Kier alpha value is -1.23. The van der Waals surface area contributed by atoms with Crippen molar-refractivity contribution in [2.75, 3.05) is 11.1 Å². The maximum Gasteiger partial charge on any atom is 0.348 e. The highest BCUT2D eigenvalue weighted by Gasteiger charge is 2.00. The summed E-state index contributed by atoms with van der Waals surface area (Å²) in [5.74, 6) is 0. The van der Waals surface area contributed by atoms with Gasteiger partial charge in [-0.25, -0.2) is 9.32 Å². The molecule has 0 unspecified atom stereocenters. The van der Waals surface area contributed by atoms with Gasteiger partial charge in [-0.1, -0.05) is 0 Å². The molecule has 1 aromatic rings. The fourth-order valence-corrected chi connectivity index (χ4v) is 0.853. The van der Waals surface area contributed by atoms with Crippen LogP contribution in [0.4, 0.5) is 0 Å². The van der Waals surface area contributed by atoms with Gasteiger partial charge < -0.3 is 0 Å². The molecule has 0 amide bonds. The van der Waals surface area contributed by atoms with Crippen molar-refractivity contribution in [2.24, 2.45) is 0 Å². The van der Waals surface area contributed by atoms with Crippen LogP contribution in [-0.4, -0.2) is 16.2 Å². The number of nitrogens with zero attached hydrogens (tertiary/aromatic N) is 2. The summed E-state index contributed by atoms with van der Waals surface area (Å²) < 4.78 is 2.28. The molecule has 0 fully saturated rings. The number of rotatable bonds is 2. The van der Waals surface area contributed by atoms with Crippen LogP contribution < -0.4 is 15.8 Å². The Balaban J connectivity index is 3.19. The highest BCUT2D eigenvalue weighted by molar-refractivity contribution is 6.21. The highest BCUT2D eigenvalue weighted by Crippen LogP contribution is 1.87. The van der Waals surface area contributed by atoms with Crippen molar-refractivity contribution in [2.45, 2.75) is 6.92 Å². The van der Waals surface area contributed by atoms with E-state index >= 15 is 0 Å². The van der Waals surface area contributed by atoms with E-state index in [9.17, 15) is 9.59 Å². The zero-order valence-corrected chi connectivity index (χ0v) is 7.21. The van der Waals surface area contributed by atoms with Gasteiger partial charge in [0.2, 0.25) is 0 Å². The maximum absolute atomic E-state index is 11.0. The first-order valence-corrected chi connectivity index (χ1v) is 3.74. The average Bonchev–Trinajstić information content (AvgIpc) is 2.03. The van der Waals surface area contributed by atoms with Crippen LogP contribution in [-0.2, 0) is 0 Å². The molecule has 5 nitrogen and oxygen atoms in total. The molecule has 0 radical (unpaired) electrons. The third kappa shape index (κ3) is 1.68. The van der Waals surface area contributed by atoms with Crippen LogP contribution in [0.25, 0.3) is 0 Å². The van der Waals surface area contributed by atoms with Crippen molar-refractivity contribution >= 4 is 11.8 Å². The van der Waals surface area contributed by atoms with Crippen LogP contribution in [0.2, 0.25) is 0 Å². The van der Waals surface area contributed by atoms with Gasteiger partial charge in [0, 0.05) is 30.6 Å². The standard InChI is InChI=1S/C6H8ClN3O2/c1-2-10(7)9-4-3-5(11)8-6(9)12/h3-4H,2H2,1H3,(H,8,11,12). The van der Waals surface area contributed by atoms with Crippen LogP contribution in [0.5, 0.6) is 0 Å². The van der Waals surface area contributed by atoms with Gasteiger partial charge in [0.1, 0.15) is 0 Å². The maximum atomic E-state index is 11.0. The van der Waals surface area contributed by atoms with Crippen molar-refractivity contribution in [1.82, 2.24) is 9.66 Å². The second-order valence-corrected chi connectivity index (χ2v) is 2.50. The SMILES string of the molecule is CCN(Cl)n1ccc(=O)[nH]c1=O. The molecule has 0 aromatic carbocycles. The van der Waals surface area contributed by atoms with Crippen molar-refractivity contribution < 1.29 is 0 Å². The average molecular weight is 190 g/mol. The first kappa shape index (κ1) is 8.86. The van der Waals surface area contributed by atoms with Crippen molar-refractivity contribution in [3.05, 3.63) is 33.1 Å². The molecule has 0 spiro atoms. The number of hydrogen-bond acceptors (Lipinski definition) is 3. The molecule has 0 aliphatic rings. The molecule has 1 rings (SSSR count). The molecule has 0 bridgehead atoms. The van der Waals surface area contributed by atoms with Crippen LogP contribution >= 0.6 is 11.8 Å². The van der Waals surface area contributed by atoms with Gasteiger partial charge in [-0.05, 0) is 6.92 Å². The summed E-state index contributed by atoms with van der Waals surface area (Å²) in [5.41, 5.74) is -0.975.